The lowest BCUT2D eigenvalue weighted by Crippen LogP contribution is -2.00. The highest BCUT2D eigenvalue weighted by Gasteiger charge is 2.21. The van der Waals surface area contributed by atoms with Gasteiger partial charge in [0.1, 0.15) is 16.5 Å². The van der Waals surface area contributed by atoms with E-state index in [1.165, 1.54) is 5.56 Å². The second-order valence-electron chi connectivity index (χ2n) is 4.59. The molecule has 0 aliphatic heterocycles. The van der Waals surface area contributed by atoms with Gasteiger partial charge in [0, 0.05) is 10.0 Å². The highest BCUT2D eigenvalue weighted by molar-refractivity contribution is 9.11. The van der Waals surface area contributed by atoms with Gasteiger partial charge in [-0.2, -0.15) is 0 Å². The molecule has 2 nitrogen and oxygen atoms in total. The summed E-state index contributed by atoms with van der Waals surface area (Å²) in [6.45, 7) is 2.06. The largest absolute Gasteiger partial charge is 0.495 e. The molecule has 0 aliphatic carbocycles. The molecule has 0 saturated heterocycles. The van der Waals surface area contributed by atoms with Crippen LogP contribution >= 0.6 is 43.5 Å². The first-order valence-electron chi connectivity index (χ1n) is 6.30. The summed E-state index contributed by atoms with van der Waals surface area (Å²) in [6.07, 6.45) is 0. The molecule has 0 amide bonds. The Bertz CT molecular complexity index is 659. The molecule has 2 aromatic carbocycles. The van der Waals surface area contributed by atoms with Gasteiger partial charge < -0.3 is 9.47 Å². The molecular formula is C16H15Br2ClO2. The minimum absolute atomic E-state index is 0.0363. The van der Waals surface area contributed by atoms with E-state index in [-0.39, 0.29) is 4.83 Å². The molecule has 0 saturated carbocycles. The SMILES string of the molecule is COc1ccc(C(Br)c2ccc(C)cc2Br)c(OC)c1Cl. The van der Waals surface area contributed by atoms with Crippen LogP contribution in [0.2, 0.25) is 5.02 Å². The molecule has 2 rings (SSSR count). The Morgan fingerprint density at radius 2 is 1.71 bits per heavy atom. The summed E-state index contributed by atoms with van der Waals surface area (Å²) >= 11 is 13.7. The minimum Gasteiger partial charge on any atom is -0.495 e. The third-order valence-electron chi connectivity index (χ3n) is 3.22. The Kier molecular flexibility index (Phi) is 5.58. The van der Waals surface area contributed by atoms with Crippen LogP contribution in [0.3, 0.4) is 0 Å². The molecule has 0 bridgehead atoms. The number of methoxy groups -OCH3 is 2. The van der Waals surface area contributed by atoms with Gasteiger partial charge in [0.25, 0.3) is 0 Å². The third kappa shape index (κ3) is 3.38. The summed E-state index contributed by atoms with van der Waals surface area (Å²) in [7, 11) is 3.19. The average Bonchev–Trinajstić information content (AvgIpc) is 2.46. The molecule has 0 spiro atoms. The Balaban J connectivity index is 2.52. The van der Waals surface area contributed by atoms with Crippen LogP contribution in [0.1, 0.15) is 21.5 Å². The number of benzene rings is 2. The van der Waals surface area contributed by atoms with Crippen molar-refractivity contribution in [2.75, 3.05) is 14.2 Å². The smallest absolute Gasteiger partial charge is 0.145 e. The van der Waals surface area contributed by atoms with Crippen molar-refractivity contribution in [1.82, 2.24) is 0 Å². The lowest BCUT2D eigenvalue weighted by Gasteiger charge is -2.18. The zero-order chi connectivity index (χ0) is 15.6. The first-order valence-corrected chi connectivity index (χ1v) is 8.38. The van der Waals surface area contributed by atoms with Crippen LogP contribution in [0.5, 0.6) is 11.5 Å². The van der Waals surface area contributed by atoms with E-state index < -0.39 is 0 Å². The van der Waals surface area contributed by atoms with Crippen molar-refractivity contribution < 1.29 is 9.47 Å². The Hall–Kier alpha value is -0.710. The molecule has 0 aromatic heterocycles. The van der Waals surface area contributed by atoms with Gasteiger partial charge in [0.15, 0.2) is 0 Å². The fourth-order valence-corrected chi connectivity index (χ4v) is 4.24. The van der Waals surface area contributed by atoms with Gasteiger partial charge in [-0.15, -0.1) is 0 Å². The van der Waals surface area contributed by atoms with E-state index in [1.807, 2.05) is 12.1 Å². The maximum atomic E-state index is 6.33. The maximum Gasteiger partial charge on any atom is 0.145 e. The third-order valence-corrected chi connectivity index (χ3v) is 5.25. The van der Waals surface area contributed by atoms with Crippen LogP contribution in [0.25, 0.3) is 0 Å². The van der Waals surface area contributed by atoms with Gasteiger partial charge in [-0.05, 0) is 30.2 Å². The van der Waals surface area contributed by atoms with E-state index in [4.69, 9.17) is 21.1 Å². The highest BCUT2D eigenvalue weighted by atomic mass is 79.9. The van der Waals surface area contributed by atoms with Gasteiger partial charge in [-0.1, -0.05) is 61.7 Å². The van der Waals surface area contributed by atoms with E-state index >= 15 is 0 Å². The molecule has 21 heavy (non-hydrogen) atoms. The Morgan fingerprint density at radius 1 is 1.05 bits per heavy atom. The fourth-order valence-electron chi connectivity index (χ4n) is 2.12. The van der Waals surface area contributed by atoms with E-state index in [0.717, 1.165) is 15.6 Å². The topological polar surface area (TPSA) is 18.5 Å². The number of rotatable bonds is 4. The zero-order valence-corrected chi connectivity index (χ0v) is 15.8. The van der Waals surface area contributed by atoms with E-state index in [9.17, 15) is 0 Å². The van der Waals surface area contributed by atoms with Crippen molar-refractivity contribution in [3.8, 4) is 11.5 Å². The monoisotopic (exact) mass is 432 g/mol. The van der Waals surface area contributed by atoms with Crippen molar-refractivity contribution in [2.45, 2.75) is 11.8 Å². The van der Waals surface area contributed by atoms with Gasteiger partial charge in [-0.3, -0.25) is 0 Å². The number of aryl methyl sites for hydroxylation is 1. The summed E-state index contributed by atoms with van der Waals surface area (Å²) in [6, 6.07) is 10.0. The van der Waals surface area contributed by atoms with Crippen molar-refractivity contribution in [1.29, 1.82) is 0 Å². The summed E-state index contributed by atoms with van der Waals surface area (Å²) in [5, 5.41) is 0.477. The predicted molar refractivity (Wildman–Crippen MR) is 94.2 cm³/mol. The van der Waals surface area contributed by atoms with E-state index in [0.29, 0.717) is 16.5 Å². The molecule has 2 aromatic rings. The maximum absolute atomic E-state index is 6.33. The summed E-state index contributed by atoms with van der Waals surface area (Å²) < 4.78 is 11.7. The molecular weight excluding hydrogens is 419 g/mol. The second-order valence-corrected chi connectivity index (χ2v) is 6.74. The number of halogens is 3. The molecule has 0 fully saturated rings. The molecule has 112 valence electrons. The van der Waals surface area contributed by atoms with E-state index in [1.54, 1.807) is 14.2 Å². The Labute approximate surface area is 146 Å². The van der Waals surface area contributed by atoms with Gasteiger partial charge in [-0.25, -0.2) is 0 Å². The Morgan fingerprint density at radius 3 is 2.29 bits per heavy atom. The van der Waals surface area contributed by atoms with Crippen LogP contribution in [0.4, 0.5) is 0 Å². The summed E-state index contributed by atoms with van der Waals surface area (Å²) in [5.74, 6) is 1.21. The van der Waals surface area contributed by atoms with Crippen molar-refractivity contribution >= 4 is 43.5 Å². The van der Waals surface area contributed by atoms with E-state index in [2.05, 4.69) is 57.0 Å². The lowest BCUT2D eigenvalue weighted by atomic mass is 10.0. The number of alkyl halides is 1. The van der Waals surface area contributed by atoms with Crippen molar-refractivity contribution in [3.63, 3.8) is 0 Å². The molecule has 5 heteroatoms. The molecule has 1 atom stereocenters. The fraction of sp³-hybridized carbons (Fsp3) is 0.250. The highest BCUT2D eigenvalue weighted by Crippen LogP contribution is 2.45. The van der Waals surface area contributed by atoms with Gasteiger partial charge in [0.05, 0.1) is 19.0 Å². The van der Waals surface area contributed by atoms with Crippen LogP contribution in [-0.2, 0) is 0 Å². The van der Waals surface area contributed by atoms with Crippen molar-refractivity contribution in [2.24, 2.45) is 0 Å². The summed E-state index contributed by atoms with van der Waals surface area (Å²) in [5.41, 5.74) is 3.26. The standard InChI is InChI=1S/C16H15Br2ClO2/c1-9-4-5-10(12(17)8-9)14(18)11-6-7-13(20-2)15(19)16(11)21-3/h4-8,14H,1-3H3. The summed E-state index contributed by atoms with van der Waals surface area (Å²) in [4.78, 5) is -0.0363. The first kappa shape index (κ1) is 16.7. The molecule has 0 aliphatic rings. The minimum atomic E-state index is -0.0363. The van der Waals surface area contributed by atoms with Gasteiger partial charge in [0.2, 0.25) is 0 Å². The van der Waals surface area contributed by atoms with Crippen LogP contribution in [-0.4, -0.2) is 14.2 Å². The zero-order valence-electron chi connectivity index (χ0n) is 11.9. The molecule has 0 N–H and O–H groups in total. The van der Waals surface area contributed by atoms with Crippen LogP contribution < -0.4 is 9.47 Å². The molecule has 0 radical (unpaired) electrons. The quantitative estimate of drug-likeness (QED) is 0.557. The normalized spacial score (nSPS) is 12.1. The number of hydrogen-bond donors (Lipinski definition) is 0. The van der Waals surface area contributed by atoms with Crippen molar-refractivity contribution in [3.05, 3.63) is 56.5 Å². The average molecular weight is 435 g/mol. The van der Waals surface area contributed by atoms with Crippen LogP contribution in [0.15, 0.2) is 34.8 Å². The molecule has 0 heterocycles. The van der Waals surface area contributed by atoms with Gasteiger partial charge >= 0.3 is 0 Å². The lowest BCUT2D eigenvalue weighted by molar-refractivity contribution is 0.392. The second kappa shape index (κ2) is 7.03. The first-order chi connectivity index (χ1) is 9.99. The molecule has 1 unspecified atom stereocenters. The predicted octanol–water partition coefficient (Wildman–Crippen LogP) is 5.91. The van der Waals surface area contributed by atoms with Crippen LogP contribution in [0, 0.1) is 6.92 Å². The number of ether oxygens (including phenoxy) is 2. The number of hydrogen-bond acceptors (Lipinski definition) is 2.